The summed E-state index contributed by atoms with van der Waals surface area (Å²) in [5.74, 6) is 0.0750. The van der Waals surface area contributed by atoms with Crippen molar-refractivity contribution in [3.63, 3.8) is 0 Å². The number of unbranched alkanes of at least 4 members (excludes halogenated alkanes) is 1. The van der Waals surface area contributed by atoms with Crippen LogP contribution in [0.5, 0.6) is 0 Å². The Kier molecular flexibility index (Phi) is 8.01. The Bertz CT molecular complexity index is 195. The van der Waals surface area contributed by atoms with E-state index < -0.39 is 0 Å². The monoisotopic (exact) mass is 214 g/mol. The molecule has 3 nitrogen and oxygen atoms in total. The summed E-state index contributed by atoms with van der Waals surface area (Å²) in [7, 11) is 0. The van der Waals surface area contributed by atoms with E-state index in [1.54, 1.807) is 6.92 Å². The number of aliphatic hydroxyl groups excluding tert-OH is 1. The van der Waals surface area contributed by atoms with Crippen molar-refractivity contribution < 1.29 is 14.6 Å². The van der Waals surface area contributed by atoms with Crippen molar-refractivity contribution >= 4 is 5.97 Å². The maximum absolute atomic E-state index is 11.0. The Morgan fingerprint density at radius 1 is 1.47 bits per heavy atom. The zero-order chi connectivity index (χ0) is 11.7. The third kappa shape index (κ3) is 7.14. The van der Waals surface area contributed by atoms with Crippen LogP contribution in [0.25, 0.3) is 0 Å². The molecule has 0 aliphatic carbocycles. The molecule has 3 heteroatoms. The van der Waals surface area contributed by atoms with Crippen LogP contribution in [0, 0.1) is 5.92 Å². The zero-order valence-corrected chi connectivity index (χ0v) is 9.79. The van der Waals surface area contributed by atoms with Gasteiger partial charge in [0.25, 0.3) is 0 Å². The van der Waals surface area contributed by atoms with Crippen molar-refractivity contribution in [2.75, 3.05) is 13.2 Å². The van der Waals surface area contributed by atoms with Gasteiger partial charge in [0, 0.05) is 12.2 Å². The van der Waals surface area contributed by atoms with Gasteiger partial charge >= 0.3 is 5.97 Å². The summed E-state index contributed by atoms with van der Waals surface area (Å²) >= 11 is 0. The van der Waals surface area contributed by atoms with Crippen molar-refractivity contribution in [2.45, 2.75) is 39.5 Å². The van der Waals surface area contributed by atoms with Crippen LogP contribution in [0.1, 0.15) is 39.5 Å². The number of carbonyl (C=O) groups excluding carboxylic acids is 1. The van der Waals surface area contributed by atoms with Gasteiger partial charge in [0.1, 0.15) is 0 Å². The second-order valence-corrected chi connectivity index (χ2v) is 3.87. The Morgan fingerprint density at radius 3 is 2.60 bits per heavy atom. The highest BCUT2D eigenvalue weighted by molar-refractivity contribution is 5.86. The van der Waals surface area contributed by atoms with E-state index in [1.807, 2.05) is 0 Å². The summed E-state index contributed by atoms with van der Waals surface area (Å²) in [5.41, 5.74) is 0.441. The molecule has 0 amide bonds. The second kappa shape index (κ2) is 8.48. The van der Waals surface area contributed by atoms with Gasteiger partial charge in [-0.05, 0) is 32.1 Å². The molecular weight excluding hydrogens is 192 g/mol. The van der Waals surface area contributed by atoms with E-state index in [0.29, 0.717) is 18.1 Å². The maximum atomic E-state index is 11.0. The van der Waals surface area contributed by atoms with Crippen molar-refractivity contribution in [3.05, 3.63) is 12.2 Å². The van der Waals surface area contributed by atoms with E-state index in [2.05, 4.69) is 13.5 Å². The lowest BCUT2D eigenvalue weighted by atomic mass is 10.0. The van der Waals surface area contributed by atoms with Crippen LogP contribution in [0.3, 0.4) is 0 Å². The first kappa shape index (κ1) is 14.2. The molecule has 0 heterocycles. The SMILES string of the molecule is C=C(C)C(=O)OCCCCC(CC)CO. The van der Waals surface area contributed by atoms with Gasteiger partial charge in [0.05, 0.1) is 6.61 Å². The van der Waals surface area contributed by atoms with E-state index in [9.17, 15) is 4.79 Å². The maximum Gasteiger partial charge on any atom is 0.333 e. The highest BCUT2D eigenvalue weighted by Gasteiger charge is 2.05. The highest BCUT2D eigenvalue weighted by Crippen LogP contribution is 2.11. The van der Waals surface area contributed by atoms with E-state index >= 15 is 0 Å². The van der Waals surface area contributed by atoms with E-state index in [4.69, 9.17) is 9.84 Å². The molecule has 1 unspecified atom stereocenters. The topological polar surface area (TPSA) is 46.5 Å². The van der Waals surface area contributed by atoms with E-state index in [0.717, 1.165) is 25.7 Å². The fraction of sp³-hybridized carbons (Fsp3) is 0.750. The van der Waals surface area contributed by atoms with Crippen molar-refractivity contribution in [1.82, 2.24) is 0 Å². The number of esters is 1. The summed E-state index contributed by atoms with van der Waals surface area (Å²) in [5, 5.41) is 8.95. The first-order valence-corrected chi connectivity index (χ1v) is 5.55. The van der Waals surface area contributed by atoms with Crippen molar-refractivity contribution in [3.8, 4) is 0 Å². The van der Waals surface area contributed by atoms with Crippen molar-refractivity contribution in [1.29, 1.82) is 0 Å². The lowest BCUT2D eigenvalue weighted by Gasteiger charge is -2.10. The molecule has 0 saturated heterocycles. The summed E-state index contributed by atoms with van der Waals surface area (Å²) in [6.45, 7) is 7.92. The molecule has 0 rings (SSSR count). The minimum Gasteiger partial charge on any atom is -0.462 e. The van der Waals surface area contributed by atoms with Crippen LogP contribution in [-0.2, 0) is 9.53 Å². The van der Waals surface area contributed by atoms with Gasteiger partial charge in [0.15, 0.2) is 0 Å². The average Bonchev–Trinajstić information content (AvgIpc) is 2.23. The smallest absolute Gasteiger partial charge is 0.333 e. The molecule has 0 aromatic heterocycles. The minimum absolute atomic E-state index is 0.252. The predicted molar refractivity (Wildman–Crippen MR) is 60.5 cm³/mol. The summed E-state index contributed by atoms with van der Waals surface area (Å²) in [6, 6.07) is 0. The third-order valence-corrected chi connectivity index (χ3v) is 2.42. The normalized spacial score (nSPS) is 12.2. The molecule has 88 valence electrons. The molecular formula is C12H22O3. The molecule has 0 bridgehead atoms. The first-order chi connectivity index (χ1) is 7.11. The van der Waals surface area contributed by atoms with Gasteiger partial charge in [-0.2, -0.15) is 0 Å². The molecule has 0 aliphatic rings. The number of hydrogen-bond acceptors (Lipinski definition) is 3. The number of hydrogen-bond donors (Lipinski definition) is 1. The quantitative estimate of drug-likeness (QED) is 0.383. The van der Waals surface area contributed by atoms with Gasteiger partial charge < -0.3 is 9.84 Å². The van der Waals surface area contributed by atoms with Crippen LogP contribution in [-0.4, -0.2) is 24.3 Å². The molecule has 0 spiro atoms. The Morgan fingerprint density at radius 2 is 2.13 bits per heavy atom. The van der Waals surface area contributed by atoms with Crippen molar-refractivity contribution in [2.24, 2.45) is 5.92 Å². The molecule has 15 heavy (non-hydrogen) atoms. The highest BCUT2D eigenvalue weighted by atomic mass is 16.5. The molecule has 0 aliphatic heterocycles. The van der Waals surface area contributed by atoms with Gasteiger partial charge in [-0.1, -0.05) is 19.9 Å². The van der Waals surface area contributed by atoms with Crippen LogP contribution in [0.2, 0.25) is 0 Å². The van der Waals surface area contributed by atoms with Crippen LogP contribution in [0.15, 0.2) is 12.2 Å². The number of ether oxygens (including phenoxy) is 1. The summed E-state index contributed by atoms with van der Waals surface area (Å²) in [4.78, 5) is 11.0. The number of carbonyl (C=O) groups is 1. The molecule has 1 atom stereocenters. The average molecular weight is 214 g/mol. The predicted octanol–water partition coefficient (Wildman–Crippen LogP) is 2.29. The molecule has 1 N–H and O–H groups in total. The Balaban J connectivity index is 3.39. The van der Waals surface area contributed by atoms with Crippen LogP contribution >= 0.6 is 0 Å². The summed E-state index contributed by atoms with van der Waals surface area (Å²) < 4.78 is 4.95. The number of rotatable bonds is 8. The van der Waals surface area contributed by atoms with Gasteiger partial charge in [-0.15, -0.1) is 0 Å². The Labute approximate surface area is 92.1 Å². The largest absolute Gasteiger partial charge is 0.462 e. The van der Waals surface area contributed by atoms with E-state index in [-0.39, 0.29) is 12.6 Å². The Hall–Kier alpha value is -0.830. The van der Waals surface area contributed by atoms with Crippen LogP contribution < -0.4 is 0 Å². The summed E-state index contributed by atoms with van der Waals surface area (Å²) in [6.07, 6.45) is 3.84. The minimum atomic E-state index is -0.316. The first-order valence-electron chi connectivity index (χ1n) is 5.55. The molecule has 0 saturated carbocycles. The third-order valence-electron chi connectivity index (χ3n) is 2.42. The lowest BCUT2D eigenvalue weighted by molar-refractivity contribution is -0.139. The molecule has 0 aromatic carbocycles. The lowest BCUT2D eigenvalue weighted by Crippen LogP contribution is -2.08. The second-order valence-electron chi connectivity index (χ2n) is 3.87. The van der Waals surface area contributed by atoms with Gasteiger partial charge in [-0.3, -0.25) is 0 Å². The fourth-order valence-electron chi connectivity index (χ4n) is 1.25. The van der Waals surface area contributed by atoms with Gasteiger partial charge in [0.2, 0.25) is 0 Å². The van der Waals surface area contributed by atoms with E-state index in [1.165, 1.54) is 0 Å². The standard InChI is InChI=1S/C12H22O3/c1-4-11(9-13)7-5-6-8-15-12(14)10(2)3/h11,13H,2,4-9H2,1,3H3. The molecule has 0 radical (unpaired) electrons. The number of aliphatic hydroxyl groups is 1. The zero-order valence-electron chi connectivity index (χ0n) is 9.79. The fourth-order valence-corrected chi connectivity index (χ4v) is 1.25. The molecule has 0 aromatic rings. The van der Waals surface area contributed by atoms with Gasteiger partial charge in [-0.25, -0.2) is 4.79 Å². The van der Waals surface area contributed by atoms with Crippen LogP contribution in [0.4, 0.5) is 0 Å². The molecule has 0 fully saturated rings.